The van der Waals surface area contributed by atoms with Gasteiger partial charge in [0.2, 0.25) is 0 Å². The first-order valence-corrected chi connectivity index (χ1v) is 13.5. The van der Waals surface area contributed by atoms with Crippen molar-refractivity contribution in [2.45, 2.75) is 18.8 Å². The Morgan fingerprint density at radius 3 is 2.73 bits per heavy atom. The third-order valence-electron chi connectivity index (χ3n) is 7.51. The lowest BCUT2D eigenvalue weighted by Gasteiger charge is -2.34. The number of amides is 2. The van der Waals surface area contributed by atoms with E-state index in [1.54, 1.807) is 35.7 Å². The average molecular weight is 558 g/mol. The molecule has 8 nitrogen and oxygen atoms in total. The van der Waals surface area contributed by atoms with Crippen LogP contribution in [0.4, 0.5) is 10.1 Å². The minimum Gasteiger partial charge on any atom is -0.455 e. The molecular weight excluding hydrogens is 529 g/mol. The second kappa shape index (κ2) is 10.3. The molecule has 0 bridgehead atoms. The Balaban J connectivity index is 1.41. The quantitative estimate of drug-likeness (QED) is 0.238. The van der Waals surface area contributed by atoms with Gasteiger partial charge >= 0.3 is 0 Å². The van der Waals surface area contributed by atoms with E-state index >= 15 is 0 Å². The molecule has 6 rings (SSSR count). The largest absolute Gasteiger partial charge is 0.455 e. The SMILES string of the molecule is CNC(=O)c1c(-c2ccc(F)cc2)oc2cc(N(C)S)c([C@@H]3CCCN(C(=O)c4cc5ncccc5[nH]4)C3)cc12. The first-order chi connectivity index (χ1) is 19.3. The van der Waals surface area contributed by atoms with Crippen molar-refractivity contribution in [3.05, 3.63) is 83.4 Å². The van der Waals surface area contributed by atoms with Crippen molar-refractivity contribution in [1.82, 2.24) is 20.2 Å². The summed E-state index contributed by atoms with van der Waals surface area (Å²) in [6, 6.07) is 15.2. The maximum absolute atomic E-state index is 13.6. The standard InChI is InChI=1S/C30H28FN5O3S/c1-32-29(37)27-21-13-20(25(35(2)40)15-26(21)39-28(27)17-7-9-19(31)10-8-17)18-5-4-12-36(16-18)30(38)24-14-23-22(34-24)6-3-11-33-23/h3,6-11,13-15,18,34,40H,4-5,12,16H2,1-2H3,(H,32,37)/t18-/m1/s1. The molecule has 4 heterocycles. The van der Waals surface area contributed by atoms with Crippen LogP contribution in [0.2, 0.25) is 0 Å². The second-order valence-electron chi connectivity index (χ2n) is 10.0. The summed E-state index contributed by atoms with van der Waals surface area (Å²) in [5.74, 6) is -0.368. The van der Waals surface area contributed by atoms with Crippen LogP contribution >= 0.6 is 12.8 Å². The lowest BCUT2D eigenvalue weighted by molar-refractivity contribution is 0.0702. The van der Waals surface area contributed by atoms with Gasteiger partial charge in [-0.25, -0.2) is 4.39 Å². The van der Waals surface area contributed by atoms with Crippen LogP contribution < -0.4 is 9.62 Å². The van der Waals surface area contributed by atoms with E-state index in [1.165, 1.54) is 12.1 Å². The van der Waals surface area contributed by atoms with Crippen LogP contribution in [0.5, 0.6) is 0 Å². The number of piperidine rings is 1. The van der Waals surface area contributed by atoms with Crippen LogP contribution in [-0.2, 0) is 0 Å². The predicted molar refractivity (Wildman–Crippen MR) is 156 cm³/mol. The summed E-state index contributed by atoms with van der Waals surface area (Å²) in [5, 5.41) is 3.36. The summed E-state index contributed by atoms with van der Waals surface area (Å²) in [6.07, 6.45) is 3.41. The fourth-order valence-corrected chi connectivity index (χ4v) is 5.74. The van der Waals surface area contributed by atoms with E-state index in [-0.39, 0.29) is 23.5 Å². The van der Waals surface area contributed by atoms with Gasteiger partial charge in [0.25, 0.3) is 11.8 Å². The number of pyridine rings is 1. The number of benzene rings is 2. The number of halogens is 1. The molecule has 1 aliphatic rings. The molecule has 204 valence electrons. The highest BCUT2D eigenvalue weighted by Gasteiger charge is 2.30. The number of carbonyl (C=O) groups excluding carboxylic acids is 2. The van der Waals surface area contributed by atoms with Crippen LogP contribution in [0.3, 0.4) is 0 Å². The number of aromatic amines is 1. The molecule has 0 spiro atoms. The smallest absolute Gasteiger partial charge is 0.270 e. The molecule has 1 saturated heterocycles. The summed E-state index contributed by atoms with van der Waals surface area (Å²) in [7, 11) is 3.40. The van der Waals surface area contributed by atoms with Gasteiger partial charge in [0.15, 0.2) is 0 Å². The maximum atomic E-state index is 13.6. The van der Waals surface area contributed by atoms with Gasteiger partial charge in [0, 0.05) is 56.3 Å². The van der Waals surface area contributed by atoms with Crippen LogP contribution in [0.1, 0.15) is 45.2 Å². The number of furan rings is 1. The van der Waals surface area contributed by atoms with E-state index in [2.05, 4.69) is 28.1 Å². The van der Waals surface area contributed by atoms with Crippen LogP contribution in [0.15, 0.2) is 65.2 Å². The molecule has 1 fully saturated rings. The van der Waals surface area contributed by atoms with Crippen LogP contribution in [0.25, 0.3) is 33.3 Å². The van der Waals surface area contributed by atoms with Crippen molar-refractivity contribution in [3.8, 4) is 11.3 Å². The average Bonchev–Trinajstić information content (AvgIpc) is 3.57. The third kappa shape index (κ3) is 4.58. The highest BCUT2D eigenvalue weighted by Crippen LogP contribution is 2.41. The molecule has 5 aromatic rings. The van der Waals surface area contributed by atoms with E-state index in [9.17, 15) is 14.0 Å². The van der Waals surface area contributed by atoms with Gasteiger partial charge in [-0.1, -0.05) is 12.8 Å². The van der Waals surface area contributed by atoms with Crippen molar-refractivity contribution in [3.63, 3.8) is 0 Å². The number of likely N-dealkylation sites (tertiary alicyclic amines) is 1. The van der Waals surface area contributed by atoms with Crippen molar-refractivity contribution in [2.75, 3.05) is 31.5 Å². The molecule has 3 aromatic heterocycles. The molecule has 0 saturated carbocycles. The number of rotatable bonds is 5. The van der Waals surface area contributed by atoms with Crippen molar-refractivity contribution in [2.24, 2.45) is 0 Å². The predicted octanol–water partition coefficient (Wildman–Crippen LogP) is 5.78. The van der Waals surface area contributed by atoms with Crippen molar-refractivity contribution in [1.29, 1.82) is 0 Å². The lowest BCUT2D eigenvalue weighted by Crippen LogP contribution is -2.39. The van der Waals surface area contributed by atoms with E-state index in [0.717, 1.165) is 35.1 Å². The number of thiol groups is 1. The summed E-state index contributed by atoms with van der Waals surface area (Å²) >= 11 is 4.60. The number of hydrogen-bond acceptors (Lipinski definition) is 6. The molecule has 10 heteroatoms. The summed E-state index contributed by atoms with van der Waals surface area (Å²) in [6.45, 7) is 1.16. The highest BCUT2D eigenvalue weighted by atomic mass is 32.1. The van der Waals surface area contributed by atoms with Crippen molar-refractivity contribution < 1.29 is 18.4 Å². The van der Waals surface area contributed by atoms with E-state index in [1.807, 2.05) is 36.2 Å². The number of aromatic nitrogens is 2. The molecule has 2 amide bonds. The summed E-state index contributed by atoms with van der Waals surface area (Å²) in [4.78, 5) is 36.0. The van der Waals surface area contributed by atoms with Gasteiger partial charge in [-0.2, -0.15) is 0 Å². The molecule has 40 heavy (non-hydrogen) atoms. The topological polar surface area (TPSA) is 94.5 Å². The minimum atomic E-state index is -0.372. The fraction of sp³-hybridized carbons (Fsp3) is 0.233. The Morgan fingerprint density at radius 2 is 2.00 bits per heavy atom. The number of hydrogen-bond donors (Lipinski definition) is 3. The number of fused-ring (bicyclic) bond motifs is 2. The van der Waals surface area contributed by atoms with Gasteiger partial charge in [0.1, 0.15) is 22.9 Å². The van der Waals surface area contributed by atoms with Crippen molar-refractivity contribution >= 4 is 52.3 Å². The Morgan fingerprint density at radius 1 is 1.20 bits per heavy atom. The Hall–Kier alpha value is -4.31. The molecule has 0 radical (unpaired) electrons. The zero-order valence-electron chi connectivity index (χ0n) is 22.1. The van der Waals surface area contributed by atoms with Crippen LogP contribution in [-0.4, -0.2) is 53.9 Å². The second-order valence-corrected chi connectivity index (χ2v) is 10.6. The van der Waals surface area contributed by atoms with E-state index < -0.39 is 0 Å². The fourth-order valence-electron chi connectivity index (χ4n) is 5.57. The molecule has 1 aliphatic heterocycles. The van der Waals surface area contributed by atoms with Gasteiger partial charge in [0.05, 0.1) is 22.3 Å². The van der Waals surface area contributed by atoms with Gasteiger partial charge in [-0.05, 0) is 66.9 Å². The number of carbonyl (C=O) groups is 2. The van der Waals surface area contributed by atoms with E-state index in [0.29, 0.717) is 46.6 Å². The zero-order chi connectivity index (χ0) is 28.0. The highest BCUT2D eigenvalue weighted by molar-refractivity contribution is 7.81. The van der Waals surface area contributed by atoms with Gasteiger partial charge < -0.3 is 23.9 Å². The maximum Gasteiger partial charge on any atom is 0.270 e. The minimum absolute atomic E-state index is 0.0101. The van der Waals surface area contributed by atoms with E-state index in [4.69, 9.17) is 4.42 Å². The first kappa shape index (κ1) is 25.9. The number of nitrogens with zero attached hydrogens (tertiary/aromatic N) is 3. The summed E-state index contributed by atoms with van der Waals surface area (Å²) < 4.78 is 21.6. The first-order valence-electron chi connectivity index (χ1n) is 13.1. The molecule has 1 atom stereocenters. The Labute approximate surface area is 235 Å². The molecule has 2 N–H and O–H groups in total. The number of nitrogens with one attached hydrogen (secondary N) is 2. The summed E-state index contributed by atoms with van der Waals surface area (Å²) in [5.41, 5.74) is 5.38. The van der Waals surface area contributed by atoms with Crippen LogP contribution in [0, 0.1) is 5.82 Å². The number of H-pyrrole nitrogens is 1. The van der Waals surface area contributed by atoms with Gasteiger partial charge in [-0.15, -0.1) is 0 Å². The number of anilines is 1. The Kier molecular flexibility index (Phi) is 6.71. The van der Waals surface area contributed by atoms with Gasteiger partial charge in [-0.3, -0.25) is 14.6 Å². The zero-order valence-corrected chi connectivity index (χ0v) is 23.0. The Bertz CT molecular complexity index is 1710. The molecular formula is C30H28FN5O3S. The lowest BCUT2D eigenvalue weighted by atomic mass is 9.88. The monoisotopic (exact) mass is 557 g/mol. The molecule has 0 aliphatic carbocycles. The molecule has 2 aromatic carbocycles. The normalized spacial score (nSPS) is 15.5. The molecule has 0 unspecified atom stereocenters. The third-order valence-corrected chi connectivity index (χ3v) is 7.73.